The van der Waals surface area contributed by atoms with Gasteiger partial charge >= 0.3 is 0 Å². The molecule has 1 amide bonds. The summed E-state index contributed by atoms with van der Waals surface area (Å²) in [6.07, 6.45) is 17.8. The van der Waals surface area contributed by atoms with Gasteiger partial charge in [-0.05, 0) is 92.9 Å². The van der Waals surface area contributed by atoms with E-state index in [1.165, 1.54) is 81.1 Å². The fraction of sp³-hybridized carbons (Fsp3) is 0.679. The number of nitrogens with one attached hydrogen (secondary N) is 2. The van der Waals surface area contributed by atoms with Crippen molar-refractivity contribution in [1.82, 2.24) is 15.8 Å². The molecule has 2 fully saturated rings. The van der Waals surface area contributed by atoms with E-state index in [-0.39, 0.29) is 16.7 Å². The molecule has 5 heteroatoms. The highest BCUT2D eigenvalue weighted by atomic mass is 32.2. The van der Waals surface area contributed by atoms with E-state index in [2.05, 4.69) is 52.6 Å². The number of rotatable bonds is 10. The molecule has 1 aliphatic heterocycles. The van der Waals surface area contributed by atoms with E-state index in [1.807, 2.05) is 19.2 Å². The second-order valence-electron chi connectivity index (χ2n) is 10.2. The molecule has 0 radical (unpaired) electrons. The summed E-state index contributed by atoms with van der Waals surface area (Å²) < 4.78 is 0.241. The lowest BCUT2D eigenvalue weighted by Crippen LogP contribution is -2.54. The number of carbonyl (C=O) groups is 1. The molecule has 33 heavy (non-hydrogen) atoms. The molecule has 1 saturated carbocycles. The van der Waals surface area contributed by atoms with Crippen molar-refractivity contribution in [2.75, 3.05) is 25.9 Å². The Bertz CT molecular complexity index is 811. The molecule has 4 rings (SSSR count). The number of hydrogen-bond acceptors (Lipinski definition) is 4. The topological polar surface area (TPSA) is 44.4 Å². The summed E-state index contributed by atoms with van der Waals surface area (Å²) in [6.45, 7) is 3.87. The molecule has 1 saturated heterocycles. The maximum atomic E-state index is 13.7. The van der Waals surface area contributed by atoms with E-state index in [4.69, 9.17) is 0 Å². The summed E-state index contributed by atoms with van der Waals surface area (Å²) in [5.41, 5.74) is 10.4. The summed E-state index contributed by atoms with van der Waals surface area (Å²) >= 11 is 2.17. The third-order valence-corrected chi connectivity index (χ3v) is 9.91. The van der Waals surface area contributed by atoms with Crippen LogP contribution in [0, 0.1) is 5.92 Å². The molecule has 1 heterocycles. The Morgan fingerprint density at radius 3 is 2.73 bits per heavy atom. The van der Waals surface area contributed by atoms with Crippen LogP contribution in [-0.2, 0) is 17.6 Å². The van der Waals surface area contributed by atoms with Crippen LogP contribution >= 0.6 is 11.8 Å². The van der Waals surface area contributed by atoms with Crippen LogP contribution in [0.25, 0.3) is 6.08 Å². The quantitative estimate of drug-likeness (QED) is 0.357. The molecular formula is C28H43N3OS. The first kappa shape index (κ1) is 24.8. The van der Waals surface area contributed by atoms with Gasteiger partial charge in [0.1, 0.15) is 0 Å². The smallest absolute Gasteiger partial charge is 0.246 e. The maximum absolute atomic E-state index is 13.7. The van der Waals surface area contributed by atoms with Crippen molar-refractivity contribution in [3.8, 4) is 0 Å². The van der Waals surface area contributed by atoms with Crippen LogP contribution in [0.15, 0.2) is 24.3 Å². The molecule has 0 spiro atoms. The van der Waals surface area contributed by atoms with Crippen LogP contribution in [0.2, 0.25) is 0 Å². The third-order valence-electron chi connectivity index (χ3n) is 8.17. The molecule has 2 unspecified atom stereocenters. The zero-order valence-corrected chi connectivity index (χ0v) is 21.5. The minimum Gasteiger partial charge on any atom is -0.333 e. The first-order valence-corrected chi connectivity index (χ1v) is 14.3. The van der Waals surface area contributed by atoms with E-state index in [0.29, 0.717) is 0 Å². The first-order chi connectivity index (χ1) is 16.1. The number of thioether (sulfide) groups is 1. The Labute approximate surface area is 205 Å². The van der Waals surface area contributed by atoms with Gasteiger partial charge in [-0.15, -0.1) is 0 Å². The van der Waals surface area contributed by atoms with Crippen molar-refractivity contribution in [2.24, 2.45) is 5.92 Å². The van der Waals surface area contributed by atoms with Gasteiger partial charge in [0.05, 0.1) is 0 Å². The predicted molar refractivity (Wildman–Crippen MR) is 141 cm³/mol. The minimum absolute atomic E-state index is 0.169. The van der Waals surface area contributed by atoms with Gasteiger partial charge in [-0.1, -0.05) is 44.4 Å². The molecule has 2 N–H and O–H groups in total. The van der Waals surface area contributed by atoms with Crippen molar-refractivity contribution >= 4 is 23.7 Å². The van der Waals surface area contributed by atoms with Gasteiger partial charge in [0.2, 0.25) is 5.91 Å². The fourth-order valence-electron chi connectivity index (χ4n) is 6.25. The highest BCUT2D eigenvalue weighted by Gasteiger charge is 2.45. The number of fused-ring (bicyclic) bond motifs is 1. The highest BCUT2D eigenvalue weighted by molar-refractivity contribution is 8.00. The lowest BCUT2D eigenvalue weighted by Gasteiger charge is -2.44. The molecule has 2 aliphatic carbocycles. The van der Waals surface area contributed by atoms with Crippen molar-refractivity contribution in [2.45, 2.75) is 88.3 Å². The van der Waals surface area contributed by atoms with Crippen LogP contribution in [0.3, 0.4) is 0 Å². The van der Waals surface area contributed by atoms with Gasteiger partial charge in [0, 0.05) is 30.0 Å². The maximum Gasteiger partial charge on any atom is 0.246 e. The minimum atomic E-state index is 0.169. The number of benzene rings is 1. The predicted octanol–water partition coefficient (Wildman–Crippen LogP) is 5.37. The van der Waals surface area contributed by atoms with E-state index >= 15 is 0 Å². The lowest BCUT2D eigenvalue weighted by atomic mass is 9.77. The zero-order valence-electron chi connectivity index (χ0n) is 20.7. The van der Waals surface area contributed by atoms with Crippen molar-refractivity contribution in [3.63, 3.8) is 0 Å². The van der Waals surface area contributed by atoms with Crippen molar-refractivity contribution in [1.29, 1.82) is 0 Å². The summed E-state index contributed by atoms with van der Waals surface area (Å²) in [6, 6.07) is 6.90. The standard InChI is InChI=1S/C28H43N3OS/c1-3-26(20-30-29-2)31(21-28(17-8-18-33-28)25-11-5-4-6-12-25)27(32)16-14-22-13-15-23-9-7-10-24(23)19-22/h13-16,19,25-26,29-30H,3-12,17-18,20-21H2,1-2H3/b16-14+. The number of nitrogens with zero attached hydrogens (tertiary/aromatic N) is 1. The number of aryl methyl sites for hydroxylation is 2. The molecule has 4 nitrogen and oxygen atoms in total. The van der Waals surface area contributed by atoms with Gasteiger partial charge in [0.25, 0.3) is 0 Å². The second-order valence-corrected chi connectivity index (χ2v) is 11.7. The lowest BCUT2D eigenvalue weighted by molar-refractivity contribution is -0.129. The van der Waals surface area contributed by atoms with Crippen LogP contribution < -0.4 is 10.9 Å². The first-order valence-electron chi connectivity index (χ1n) is 13.3. The Balaban J connectivity index is 1.54. The van der Waals surface area contributed by atoms with E-state index in [0.717, 1.165) is 31.0 Å². The van der Waals surface area contributed by atoms with Crippen LogP contribution in [-0.4, -0.2) is 47.5 Å². The fourth-order valence-corrected chi connectivity index (χ4v) is 7.94. The summed E-state index contributed by atoms with van der Waals surface area (Å²) in [4.78, 5) is 15.9. The molecule has 2 atom stereocenters. The molecule has 0 aromatic heterocycles. The number of hydrogen-bond donors (Lipinski definition) is 2. The average molecular weight is 470 g/mol. The zero-order chi connectivity index (χ0) is 23.1. The Hall–Kier alpha value is -1.30. The van der Waals surface area contributed by atoms with Crippen molar-refractivity contribution < 1.29 is 4.79 Å². The van der Waals surface area contributed by atoms with Crippen LogP contribution in [0.5, 0.6) is 0 Å². The average Bonchev–Trinajstić information content (AvgIpc) is 3.52. The van der Waals surface area contributed by atoms with E-state index in [9.17, 15) is 4.79 Å². The van der Waals surface area contributed by atoms with Gasteiger partial charge in [-0.3, -0.25) is 15.6 Å². The van der Waals surface area contributed by atoms with Gasteiger partial charge < -0.3 is 4.90 Å². The Kier molecular flexibility index (Phi) is 8.95. The molecule has 182 valence electrons. The largest absolute Gasteiger partial charge is 0.333 e. The molecule has 0 bridgehead atoms. The SMILES string of the molecule is CCC(CNNC)N(CC1(C2CCCCC2)CCCS1)C(=O)/C=C/c1ccc2c(c1)CCC2. The molecular weight excluding hydrogens is 426 g/mol. The monoisotopic (exact) mass is 469 g/mol. The van der Waals surface area contributed by atoms with Gasteiger partial charge in [-0.25, -0.2) is 0 Å². The Morgan fingerprint density at radius 1 is 1.18 bits per heavy atom. The molecule has 1 aromatic rings. The second kappa shape index (κ2) is 11.9. The van der Waals surface area contributed by atoms with E-state index in [1.54, 1.807) is 0 Å². The third kappa shape index (κ3) is 6.04. The number of carbonyl (C=O) groups excluding carboxylic acids is 1. The molecule has 3 aliphatic rings. The van der Waals surface area contributed by atoms with E-state index < -0.39 is 0 Å². The molecule has 1 aromatic carbocycles. The summed E-state index contributed by atoms with van der Waals surface area (Å²) in [5, 5.41) is 0. The van der Waals surface area contributed by atoms with Crippen molar-refractivity contribution in [3.05, 3.63) is 41.0 Å². The van der Waals surface area contributed by atoms with Crippen LogP contribution in [0.4, 0.5) is 0 Å². The summed E-state index contributed by atoms with van der Waals surface area (Å²) in [5.74, 6) is 2.17. The van der Waals surface area contributed by atoms with Gasteiger partial charge in [0.15, 0.2) is 0 Å². The van der Waals surface area contributed by atoms with Gasteiger partial charge in [-0.2, -0.15) is 11.8 Å². The normalized spacial score (nSPS) is 24.3. The number of hydrazine groups is 1. The van der Waals surface area contributed by atoms with Crippen LogP contribution in [0.1, 0.15) is 81.4 Å². The summed E-state index contributed by atoms with van der Waals surface area (Å²) in [7, 11) is 1.91. The number of amides is 1. The Morgan fingerprint density at radius 2 is 2.00 bits per heavy atom. The highest BCUT2D eigenvalue weighted by Crippen LogP contribution is 2.49.